The van der Waals surface area contributed by atoms with E-state index in [0.717, 1.165) is 34.9 Å². The molecule has 0 saturated heterocycles. The Kier molecular flexibility index (Phi) is 5.79. The maximum atomic E-state index is 11.8. The molecule has 0 spiro atoms. The molecule has 0 aliphatic carbocycles. The molecule has 1 aromatic carbocycles. The molecule has 0 radical (unpaired) electrons. The van der Waals surface area contributed by atoms with Crippen LogP contribution in [0.2, 0.25) is 0 Å². The summed E-state index contributed by atoms with van der Waals surface area (Å²) in [6.45, 7) is 2.61. The van der Waals surface area contributed by atoms with Crippen molar-refractivity contribution >= 4 is 21.8 Å². The number of unbranched alkanes of at least 4 members (excludes halogenated alkanes) is 2. The summed E-state index contributed by atoms with van der Waals surface area (Å²) in [5, 5.41) is 2.90. The largest absolute Gasteiger partial charge is 0.352 e. The van der Waals surface area contributed by atoms with E-state index in [1.807, 2.05) is 25.1 Å². The van der Waals surface area contributed by atoms with E-state index in [-0.39, 0.29) is 5.91 Å². The summed E-state index contributed by atoms with van der Waals surface area (Å²) in [5.41, 5.74) is 1.70. The van der Waals surface area contributed by atoms with Gasteiger partial charge in [-0.2, -0.15) is 0 Å². The van der Waals surface area contributed by atoms with Crippen LogP contribution in [0.5, 0.6) is 0 Å². The van der Waals surface area contributed by atoms with Gasteiger partial charge in [-0.05, 0) is 43.5 Å². The van der Waals surface area contributed by atoms with Gasteiger partial charge >= 0.3 is 0 Å². The van der Waals surface area contributed by atoms with E-state index >= 15 is 0 Å². The smallest absolute Gasteiger partial charge is 0.251 e. The molecule has 17 heavy (non-hydrogen) atoms. The lowest BCUT2D eigenvalue weighted by Crippen LogP contribution is -2.25. The van der Waals surface area contributed by atoms with E-state index in [9.17, 15) is 4.79 Å². The fourth-order valence-electron chi connectivity index (χ4n) is 1.53. The van der Waals surface area contributed by atoms with Crippen LogP contribution < -0.4 is 5.32 Å². The monoisotopic (exact) mass is 293 g/mol. The summed E-state index contributed by atoms with van der Waals surface area (Å²) in [5.74, 6) is 2.57. The molecule has 90 valence electrons. The third kappa shape index (κ3) is 4.62. The highest BCUT2D eigenvalue weighted by Gasteiger charge is 2.07. The first-order valence-electron chi connectivity index (χ1n) is 5.63. The number of amides is 1. The Bertz CT molecular complexity index is 434. The standard InChI is InChI=1S/C14H16BrNO/c1-3-4-5-6-9-16-14(17)13-8-7-12(15)10-11(13)2/h1,7-8,10H,4-6,9H2,2H3,(H,16,17). The average Bonchev–Trinajstić information content (AvgIpc) is 2.28. The van der Waals surface area contributed by atoms with Crippen LogP contribution in [-0.4, -0.2) is 12.5 Å². The van der Waals surface area contributed by atoms with Gasteiger partial charge in [-0.1, -0.05) is 15.9 Å². The third-order valence-corrected chi connectivity index (χ3v) is 2.96. The van der Waals surface area contributed by atoms with E-state index in [2.05, 4.69) is 27.2 Å². The maximum absolute atomic E-state index is 11.8. The Morgan fingerprint density at radius 1 is 1.47 bits per heavy atom. The van der Waals surface area contributed by atoms with Crippen molar-refractivity contribution in [3.05, 3.63) is 33.8 Å². The summed E-state index contributed by atoms with van der Waals surface area (Å²) in [6.07, 6.45) is 7.80. The molecule has 0 aliphatic heterocycles. The van der Waals surface area contributed by atoms with Gasteiger partial charge in [0, 0.05) is 23.0 Å². The van der Waals surface area contributed by atoms with E-state index in [4.69, 9.17) is 6.42 Å². The number of hydrogen-bond acceptors (Lipinski definition) is 1. The van der Waals surface area contributed by atoms with Crippen molar-refractivity contribution in [1.82, 2.24) is 5.32 Å². The number of rotatable bonds is 5. The summed E-state index contributed by atoms with van der Waals surface area (Å²) >= 11 is 3.38. The van der Waals surface area contributed by atoms with Gasteiger partial charge < -0.3 is 5.32 Å². The second-order valence-corrected chi connectivity index (χ2v) is 4.79. The zero-order chi connectivity index (χ0) is 12.7. The van der Waals surface area contributed by atoms with Gasteiger partial charge in [-0.3, -0.25) is 4.79 Å². The van der Waals surface area contributed by atoms with Crippen molar-refractivity contribution in [3.63, 3.8) is 0 Å². The molecule has 0 fully saturated rings. The minimum absolute atomic E-state index is 0.0179. The minimum atomic E-state index is -0.0179. The molecule has 1 amide bonds. The first-order valence-corrected chi connectivity index (χ1v) is 6.42. The van der Waals surface area contributed by atoms with Crippen molar-refractivity contribution < 1.29 is 4.79 Å². The second-order valence-electron chi connectivity index (χ2n) is 3.88. The minimum Gasteiger partial charge on any atom is -0.352 e. The fraction of sp³-hybridized carbons (Fsp3) is 0.357. The Balaban J connectivity index is 2.45. The highest BCUT2D eigenvalue weighted by Crippen LogP contribution is 2.15. The van der Waals surface area contributed by atoms with Crippen LogP contribution in [0.1, 0.15) is 35.2 Å². The van der Waals surface area contributed by atoms with Gasteiger partial charge in [0.1, 0.15) is 0 Å². The molecule has 0 aromatic heterocycles. The molecule has 0 bridgehead atoms. The molecule has 0 heterocycles. The normalized spacial score (nSPS) is 9.71. The summed E-state index contributed by atoms with van der Waals surface area (Å²) in [4.78, 5) is 11.8. The molecule has 0 aliphatic rings. The first-order chi connectivity index (χ1) is 8.15. The van der Waals surface area contributed by atoms with Crippen LogP contribution in [0.25, 0.3) is 0 Å². The summed E-state index contributed by atoms with van der Waals surface area (Å²) in [7, 11) is 0. The fourth-order valence-corrected chi connectivity index (χ4v) is 2.01. The Morgan fingerprint density at radius 2 is 2.24 bits per heavy atom. The van der Waals surface area contributed by atoms with Crippen molar-refractivity contribution in [2.24, 2.45) is 0 Å². The zero-order valence-electron chi connectivity index (χ0n) is 9.92. The Labute approximate surface area is 111 Å². The highest BCUT2D eigenvalue weighted by atomic mass is 79.9. The Morgan fingerprint density at radius 3 is 2.88 bits per heavy atom. The number of hydrogen-bond donors (Lipinski definition) is 1. The molecule has 0 unspecified atom stereocenters. The summed E-state index contributed by atoms with van der Waals surface area (Å²) in [6, 6.07) is 5.64. The number of nitrogens with one attached hydrogen (secondary N) is 1. The molecule has 0 saturated carbocycles. The quantitative estimate of drug-likeness (QED) is 0.655. The van der Waals surface area contributed by atoms with Crippen molar-refractivity contribution in [2.75, 3.05) is 6.54 Å². The van der Waals surface area contributed by atoms with Crippen LogP contribution in [0.15, 0.2) is 22.7 Å². The number of aryl methyl sites for hydroxylation is 1. The van der Waals surface area contributed by atoms with Crippen LogP contribution in [0, 0.1) is 19.3 Å². The molecule has 1 rings (SSSR count). The predicted molar refractivity (Wildman–Crippen MR) is 73.9 cm³/mol. The van der Waals surface area contributed by atoms with Crippen molar-refractivity contribution in [1.29, 1.82) is 0 Å². The lowest BCUT2D eigenvalue weighted by molar-refractivity contribution is 0.0952. The molecule has 0 atom stereocenters. The van der Waals surface area contributed by atoms with E-state index in [1.165, 1.54) is 0 Å². The second kappa shape index (κ2) is 7.13. The number of terminal acetylenes is 1. The van der Waals surface area contributed by atoms with Gasteiger partial charge in [-0.15, -0.1) is 12.3 Å². The lowest BCUT2D eigenvalue weighted by Gasteiger charge is -2.07. The lowest BCUT2D eigenvalue weighted by atomic mass is 10.1. The van der Waals surface area contributed by atoms with Gasteiger partial charge in [-0.25, -0.2) is 0 Å². The van der Waals surface area contributed by atoms with E-state index < -0.39 is 0 Å². The van der Waals surface area contributed by atoms with Crippen molar-refractivity contribution in [2.45, 2.75) is 26.2 Å². The molecular weight excluding hydrogens is 278 g/mol. The van der Waals surface area contributed by atoms with E-state index in [0.29, 0.717) is 6.54 Å². The predicted octanol–water partition coefficient (Wildman–Crippen LogP) is 3.29. The topological polar surface area (TPSA) is 29.1 Å². The molecule has 2 nitrogen and oxygen atoms in total. The van der Waals surface area contributed by atoms with Crippen LogP contribution >= 0.6 is 15.9 Å². The first kappa shape index (κ1) is 13.8. The summed E-state index contributed by atoms with van der Waals surface area (Å²) < 4.78 is 0.987. The van der Waals surface area contributed by atoms with Gasteiger partial charge in [0.15, 0.2) is 0 Å². The van der Waals surface area contributed by atoms with Gasteiger partial charge in [0.25, 0.3) is 5.91 Å². The molecule has 1 N–H and O–H groups in total. The zero-order valence-corrected chi connectivity index (χ0v) is 11.5. The van der Waals surface area contributed by atoms with Crippen LogP contribution in [0.4, 0.5) is 0 Å². The third-order valence-electron chi connectivity index (χ3n) is 2.47. The van der Waals surface area contributed by atoms with Gasteiger partial charge in [0.2, 0.25) is 0 Å². The van der Waals surface area contributed by atoms with Crippen LogP contribution in [-0.2, 0) is 0 Å². The number of carbonyl (C=O) groups excluding carboxylic acids is 1. The van der Waals surface area contributed by atoms with Gasteiger partial charge in [0.05, 0.1) is 0 Å². The number of carbonyl (C=O) groups is 1. The molecular formula is C14H16BrNO. The van der Waals surface area contributed by atoms with Crippen molar-refractivity contribution in [3.8, 4) is 12.3 Å². The Hall–Kier alpha value is -1.27. The highest BCUT2D eigenvalue weighted by molar-refractivity contribution is 9.10. The number of halogens is 1. The van der Waals surface area contributed by atoms with Crippen LogP contribution in [0.3, 0.4) is 0 Å². The molecule has 3 heteroatoms. The van der Waals surface area contributed by atoms with E-state index in [1.54, 1.807) is 0 Å². The maximum Gasteiger partial charge on any atom is 0.251 e. The molecule has 1 aromatic rings. The number of benzene rings is 1. The average molecular weight is 294 g/mol. The SMILES string of the molecule is C#CCCCCNC(=O)c1ccc(Br)cc1C.